The molecule has 0 bridgehead atoms. The van der Waals surface area contributed by atoms with Crippen molar-refractivity contribution in [3.8, 4) is 5.75 Å². The van der Waals surface area contributed by atoms with Gasteiger partial charge in [-0.1, -0.05) is 20.8 Å². The molecule has 1 N–H and O–H groups in total. The maximum Gasteiger partial charge on any atom is 0.336 e. The molecule has 2 aromatic rings. The minimum atomic E-state index is -0.862. The molecule has 2 aliphatic rings. The average Bonchev–Trinajstić information content (AvgIpc) is 2.68. The fraction of sp³-hybridized carbons (Fsp3) is 0.615. The van der Waals surface area contributed by atoms with Crippen LogP contribution in [0.3, 0.4) is 0 Å². The molecule has 2 aliphatic carbocycles. The van der Waals surface area contributed by atoms with Crippen LogP contribution in [0.25, 0.3) is 11.0 Å². The van der Waals surface area contributed by atoms with Crippen LogP contribution >= 0.6 is 0 Å². The van der Waals surface area contributed by atoms with Crippen molar-refractivity contribution in [2.75, 3.05) is 6.61 Å². The summed E-state index contributed by atoms with van der Waals surface area (Å²) in [6.45, 7) is 10.4. The van der Waals surface area contributed by atoms with E-state index >= 15 is 0 Å². The van der Waals surface area contributed by atoms with Crippen LogP contribution in [-0.4, -0.2) is 29.4 Å². The lowest BCUT2D eigenvalue weighted by Gasteiger charge is -2.62. The predicted molar refractivity (Wildman–Crippen MR) is 121 cm³/mol. The Morgan fingerprint density at radius 1 is 1.12 bits per heavy atom. The van der Waals surface area contributed by atoms with E-state index in [4.69, 9.17) is 13.9 Å². The molecule has 1 aromatic heterocycles. The molecule has 0 amide bonds. The number of esters is 1. The summed E-state index contributed by atoms with van der Waals surface area (Å²) in [5, 5.41) is 12.2. The van der Waals surface area contributed by atoms with Crippen LogP contribution in [0.1, 0.15) is 60.3 Å². The van der Waals surface area contributed by atoms with Crippen LogP contribution in [0.2, 0.25) is 0 Å². The maximum atomic E-state index is 11.7. The highest BCUT2D eigenvalue weighted by Crippen LogP contribution is 2.62. The van der Waals surface area contributed by atoms with Crippen molar-refractivity contribution in [3.63, 3.8) is 0 Å². The highest BCUT2D eigenvalue weighted by molar-refractivity contribution is 5.77. The van der Waals surface area contributed by atoms with Crippen molar-refractivity contribution in [2.45, 2.75) is 72.0 Å². The molecule has 2 fully saturated rings. The zero-order chi connectivity index (χ0) is 23.3. The van der Waals surface area contributed by atoms with Crippen LogP contribution in [0.4, 0.5) is 0 Å². The summed E-state index contributed by atoms with van der Waals surface area (Å²) in [7, 11) is 0. The van der Waals surface area contributed by atoms with Gasteiger partial charge in [-0.2, -0.15) is 0 Å². The van der Waals surface area contributed by atoms with E-state index in [1.807, 2.05) is 19.1 Å². The van der Waals surface area contributed by atoms with E-state index in [0.717, 1.165) is 24.6 Å². The third-order valence-electron chi connectivity index (χ3n) is 8.27. The molecular formula is C26H34O6. The standard InChI is InChI=1S/C26H34O6/c1-16(27)31-22-11-12-25(4)20(24(22,2)3)10-13-26(5,29)21(25)15-30-18-8-6-17-7-9-23(28)32-19(17)14-18/h6-9,14,20-22,29H,10-13,15H2,1-5H3/t20-,21-,22+,25-,26+/m1/s1. The molecule has 1 aromatic carbocycles. The maximum absolute atomic E-state index is 11.7. The molecule has 0 aliphatic heterocycles. The van der Waals surface area contributed by atoms with Gasteiger partial charge >= 0.3 is 11.6 Å². The van der Waals surface area contributed by atoms with Gasteiger partial charge in [-0.25, -0.2) is 4.79 Å². The summed E-state index contributed by atoms with van der Waals surface area (Å²) in [4.78, 5) is 23.2. The van der Waals surface area contributed by atoms with Gasteiger partial charge in [0.25, 0.3) is 0 Å². The highest BCUT2D eigenvalue weighted by Gasteiger charge is 2.61. The number of carbonyl (C=O) groups excluding carboxylic acids is 1. The summed E-state index contributed by atoms with van der Waals surface area (Å²) >= 11 is 0. The molecule has 4 rings (SSSR count). The van der Waals surface area contributed by atoms with Gasteiger partial charge in [0.1, 0.15) is 17.4 Å². The quantitative estimate of drug-likeness (QED) is 0.545. The highest BCUT2D eigenvalue weighted by atomic mass is 16.5. The number of fused-ring (bicyclic) bond motifs is 2. The molecule has 32 heavy (non-hydrogen) atoms. The number of aliphatic hydroxyl groups is 1. The molecule has 6 heteroatoms. The minimum Gasteiger partial charge on any atom is -0.493 e. The summed E-state index contributed by atoms with van der Waals surface area (Å²) in [5.74, 6) is 0.569. The van der Waals surface area contributed by atoms with Crippen molar-refractivity contribution in [1.82, 2.24) is 0 Å². The average molecular weight is 443 g/mol. The van der Waals surface area contributed by atoms with Crippen molar-refractivity contribution < 1.29 is 23.8 Å². The van der Waals surface area contributed by atoms with Crippen LogP contribution in [0, 0.1) is 22.7 Å². The molecule has 0 spiro atoms. The van der Waals surface area contributed by atoms with Crippen LogP contribution in [0.5, 0.6) is 5.75 Å². The van der Waals surface area contributed by atoms with Gasteiger partial charge in [-0.05, 0) is 62.1 Å². The van der Waals surface area contributed by atoms with Gasteiger partial charge in [0.2, 0.25) is 0 Å². The van der Waals surface area contributed by atoms with Gasteiger partial charge < -0.3 is 19.0 Å². The van der Waals surface area contributed by atoms with E-state index in [0.29, 0.717) is 24.4 Å². The Balaban J connectivity index is 1.59. The number of carbonyl (C=O) groups is 1. The Bertz CT molecular complexity index is 1070. The number of benzene rings is 1. The Morgan fingerprint density at radius 2 is 1.84 bits per heavy atom. The molecule has 6 nitrogen and oxygen atoms in total. The van der Waals surface area contributed by atoms with E-state index in [1.54, 1.807) is 12.1 Å². The molecule has 174 valence electrons. The van der Waals surface area contributed by atoms with Gasteiger partial charge in [0, 0.05) is 35.8 Å². The monoisotopic (exact) mass is 442 g/mol. The summed E-state index contributed by atoms with van der Waals surface area (Å²) in [5.41, 5.74) is -1.13. The predicted octanol–water partition coefficient (Wildman–Crippen LogP) is 4.71. The second kappa shape index (κ2) is 7.91. The second-order valence-electron chi connectivity index (χ2n) is 10.7. The van der Waals surface area contributed by atoms with Gasteiger partial charge in [-0.15, -0.1) is 0 Å². The third kappa shape index (κ3) is 3.94. The third-order valence-corrected chi connectivity index (χ3v) is 8.27. The Labute approximate surface area is 188 Å². The van der Waals surface area contributed by atoms with E-state index in [9.17, 15) is 14.7 Å². The number of rotatable bonds is 4. The lowest BCUT2D eigenvalue weighted by Crippen LogP contribution is -2.62. The molecule has 5 atom stereocenters. The van der Waals surface area contributed by atoms with Gasteiger partial charge in [-0.3, -0.25) is 4.79 Å². The minimum absolute atomic E-state index is 0.0928. The van der Waals surface area contributed by atoms with E-state index < -0.39 is 11.2 Å². The number of hydrogen-bond acceptors (Lipinski definition) is 6. The Kier molecular flexibility index (Phi) is 5.64. The van der Waals surface area contributed by atoms with Crippen molar-refractivity contribution in [3.05, 3.63) is 40.8 Å². The molecule has 2 saturated carbocycles. The van der Waals surface area contributed by atoms with E-state index in [1.165, 1.54) is 13.0 Å². The fourth-order valence-corrected chi connectivity index (χ4v) is 6.59. The smallest absolute Gasteiger partial charge is 0.336 e. The molecule has 0 saturated heterocycles. The zero-order valence-corrected chi connectivity index (χ0v) is 19.6. The van der Waals surface area contributed by atoms with Crippen LogP contribution < -0.4 is 10.4 Å². The number of ether oxygens (including phenoxy) is 2. The normalized spacial score (nSPS) is 34.0. The van der Waals surface area contributed by atoms with Crippen molar-refractivity contribution in [1.29, 1.82) is 0 Å². The Hall–Kier alpha value is -2.34. The fourth-order valence-electron chi connectivity index (χ4n) is 6.59. The first-order valence-corrected chi connectivity index (χ1v) is 11.5. The SMILES string of the molecule is CC(=O)O[C@H]1CC[C@]2(C)[C@H](CC[C@](C)(O)[C@@H]2COc2ccc3ccc(=O)oc3c2)C1(C)C. The zero-order valence-electron chi connectivity index (χ0n) is 19.6. The first-order valence-electron chi connectivity index (χ1n) is 11.5. The van der Waals surface area contributed by atoms with Crippen LogP contribution in [-0.2, 0) is 9.53 Å². The van der Waals surface area contributed by atoms with Gasteiger partial charge in [0.05, 0.1) is 12.2 Å². The topological polar surface area (TPSA) is 86.0 Å². The summed E-state index contributed by atoms with van der Waals surface area (Å²) < 4.78 is 17.2. The molecule has 0 radical (unpaired) electrons. The number of hydrogen-bond donors (Lipinski definition) is 1. The largest absolute Gasteiger partial charge is 0.493 e. The first-order chi connectivity index (χ1) is 14.9. The lowest BCUT2D eigenvalue weighted by molar-refractivity contribution is -0.210. The van der Waals surface area contributed by atoms with E-state index in [2.05, 4.69) is 20.8 Å². The first kappa shape index (κ1) is 22.8. The summed E-state index contributed by atoms with van der Waals surface area (Å²) in [6.07, 6.45) is 3.06. The van der Waals surface area contributed by atoms with E-state index in [-0.39, 0.29) is 34.7 Å². The molecule has 0 unspecified atom stereocenters. The van der Waals surface area contributed by atoms with Crippen molar-refractivity contribution in [2.24, 2.45) is 22.7 Å². The molecule has 1 heterocycles. The molecular weight excluding hydrogens is 408 g/mol. The second-order valence-corrected chi connectivity index (χ2v) is 10.7. The van der Waals surface area contributed by atoms with Gasteiger partial charge in [0.15, 0.2) is 0 Å². The van der Waals surface area contributed by atoms with Crippen LogP contribution in [0.15, 0.2) is 39.5 Å². The lowest BCUT2D eigenvalue weighted by atomic mass is 9.45. The van der Waals surface area contributed by atoms with Crippen molar-refractivity contribution >= 4 is 16.9 Å². The summed E-state index contributed by atoms with van der Waals surface area (Å²) in [6, 6.07) is 8.59. The Morgan fingerprint density at radius 3 is 2.56 bits per heavy atom.